The van der Waals surface area contributed by atoms with Gasteiger partial charge in [0, 0.05) is 43.4 Å². The van der Waals surface area contributed by atoms with Crippen LogP contribution in [0.25, 0.3) is 5.69 Å². The van der Waals surface area contributed by atoms with Crippen molar-refractivity contribution in [1.82, 2.24) is 9.47 Å². The molecule has 2 aromatic carbocycles. The molecule has 0 radical (unpaired) electrons. The van der Waals surface area contributed by atoms with E-state index in [1.165, 1.54) is 18.2 Å². The van der Waals surface area contributed by atoms with Gasteiger partial charge in [-0.25, -0.2) is 13.2 Å². The van der Waals surface area contributed by atoms with Crippen LogP contribution in [0.5, 0.6) is 5.75 Å². The lowest BCUT2D eigenvalue weighted by Crippen LogP contribution is -2.38. The molecule has 0 saturated carbocycles. The van der Waals surface area contributed by atoms with Crippen LogP contribution in [0.4, 0.5) is 19.0 Å². The van der Waals surface area contributed by atoms with Gasteiger partial charge in [-0.1, -0.05) is 0 Å². The first-order valence-corrected chi connectivity index (χ1v) is 10.6. The van der Waals surface area contributed by atoms with Crippen molar-refractivity contribution in [3.05, 3.63) is 87.5 Å². The molecule has 7 nitrogen and oxygen atoms in total. The molecule has 2 heterocycles. The third kappa shape index (κ3) is 4.97. The Kier molecular flexibility index (Phi) is 6.99. The second-order valence-corrected chi connectivity index (χ2v) is 7.68. The fraction of sp³-hybridized carbons (Fsp3) is 0.250. The van der Waals surface area contributed by atoms with E-state index in [0.29, 0.717) is 24.3 Å². The van der Waals surface area contributed by atoms with Crippen LogP contribution in [0.2, 0.25) is 0 Å². The predicted octanol–water partition coefficient (Wildman–Crippen LogP) is 2.78. The highest BCUT2D eigenvalue weighted by molar-refractivity contribution is 6.11. The van der Waals surface area contributed by atoms with Crippen LogP contribution in [-0.2, 0) is 4.74 Å². The molecule has 178 valence electrons. The molecule has 10 heteroatoms. The third-order valence-corrected chi connectivity index (χ3v) is 5.47. The van der Waals surface area contributed by atoms with Crippen molar-refractivity contribution in [2.24, 2.45) is 0 Å². The molecule has 0 unspecified atom stereocenters. The highest BCUT2D eigenvalue weighted by Crippen LogP contribution is 2.26. The average Bonchev–Trinajstić information content (AvgIpc) is 2.81. The number of rotatable bonds is 7. The minimum absolute atomic E-state index is 0.0443. The summed E-state index contributed by atoms with van der Waals surface area (Å²) in [6, 6.07) is 8.74. The molecule has 4 rings (SSSR count). The van der Waals surface area contributed by atoms with E-state index in [1.54, 1.807) is 0 Å². The number of ether oxygens (including phenoxy) is 2. The summed E-state index contributed by atoms with van der Waals surface area (Å²) in [6.45, 7) is 3.52. The van der Waals surface area contributed by atoms with Gasteiger partial charge in [0.05, 0.1) is 18.8 Å². The van der Waals surface area contributed by atoms with Gasteiger partial charge in [-0.3, -0.25) is 19.1 Å². The number of carbonyl (C=O) groups excluding carboxylic acids is 1. The minimum atomic E-state index is -1.08. The van der Waals surface area contributed by atoms with Crippen LogP contribution < -0.4 is 16.0 Å². The summed E-state index contributed by atoms with van der Waals surface area (Å²) in [7, 11) is 0. The Morgan fingerprint density at radius 2 is 1.65 bits per heavy atom. The first kappa shape index (κ1) is 23.5. The van der Waals surface area contributed by atoms with Crippen molar-refractivity contribution in [3.63, 3.8) is 0 Å². The van der Waals surface area contributed by atoms with E-state index < -0.39 is 40.3 Å². The molecular formula is C24H22F3N3O4. The summed E-state index contributed by atoms with van der Waals surface area (Å²) in [5, 5.41) is 0. The highest BCUT2D eigenvalue weighted by Gasteiger charge is 2.22. The Morgan fingerprint density at radius 1 is 1.00 bits per heavy atom. The number of anilines is 1. The molecule has 0 amide bonds. The zero-order valence-corrected chi connectivity index (χ0v) is 18.1. The van der Waals surface area contributed by atoms with Gasteiger partial charge in [-0.2, -0.15) is 0 Å². The Morgan fingerprint density at radius 3 is 2.29 bits per heavy atom. The zero-order chi connectivity index (χ0) is 24.2. The van der Waals surface area contributed by atoms with E-state index in [1.807, 2.05) is 0 Å². The van der Waals surface area contributed by atoms with Crippen molar-refractivity contribution in [2.75, 3.05) is 45.2 Å². The summed E-state index contributed by atoms with van der Waals surface area (Å²) >= 11 is 0. The van der Waals surface area contributed by atoms with Crippen molar-refractivity contribution in [1.29, 1.82) is 0 Å². The van der Waals surface area contributed by atoms with Gasteiger partial charge in [0.2, 0.25) is 0 Å². The molecule has 0 spiro atoms. The molecule has 2 N–H and O–H groups in total. The number of nitrogens with zero attached hydrogens (tertiary/aromatic N) is 2. The van der Waals surface area contributed by atoms with E-state index in [2.05, 4.69) is 4.90 Å². The first-order valence-electron chi connectivity index (χ1n) is 10.6. The van der Waals surface area contributed by atoms with Crippen molar-refractivity contribution in [2.45, 2.75) is 0 Å². The first-order chi connectivity index (χ1) is 16.3. The SMILES string of the molecule is Nc1c(C(=O)c2ccc(F)cc2)ccc(=O)n1-c1c(F)cc(OCCN2CCOCC2)cc1F. The molecule has 0 bridgehead atoms. The molecule has 1 aliphatic rings. The average molecular weight is 473 g/mol. The lowest BCUT2D eigenvalue weighted by molar-refractivity contribution is 0.0322. The topological polar surface area (TPSA) is 86.8 Å². The second kappa shape index (κ2) is 10.1. The van der Waals surface area contributed by atoms with E-state index in [0.717, 1.165) is 43.4 Å². The maximum absolute atomic E-state index is 14.9. The predicted molar refractivity (Wildman–Crippen MR) is 119 cm³/mol. The molecular weight excluding hydrogens is 451 g/mol. The number of halogens is 3. The fourth-order valence-corrected chi connectivity index (χ4v) is 3.69. The summed E-state index contributed by atoms with van der Waals surface area (Å²) in [4.78, 5) is 27.4. The van der Waals surface area contributed by atoms with Gasteiger partial charge >= 0.3 is 0 Å². The number of nitrogens with two attached hydrogens (primary N) is 1. The molecule has 0 aliphatic carbocycles. The summed E-state index contributed by atoms with van der Waals surface area (Å²) in [5.74, 6) is -3.82. The number of aromatic nitrogens is 1. The van der Waals surface area contributed by atoms with Crippen LogP contribution in [0.1, 0.15) is 15.9 Å². The van der Waals surface area contributed by atoms with Gasteiger partial charge in [-0.05, 0) is 30.3 Å². The van der Waals surface area contributed by atoms with Crippen LogP contribution >= 0.6 is 0 Å². The van der Waals surface area contributed by atoms with Crippen molar-refractivity contribution < 1.29 is 27.4 Å². The Balaban J connectivity index is 1.60. The molecule has 3 aromatic rings. The summed E-state index contributed by atoms with van der Waals surface area (Å²) < 4.78 is 54.4. The van der Waals surface area contributed by atoms with E-state index >= 15 is 0 Å². The Labute approximate surface area is 193 Å². The maximum atomic E-state index is 14.9. The van der Waals surface area contributed by atoms with Crippen LogP contribution in [0.15, 0.2) is 53.3 Å². The number of benzene rings is 2. The molecule has 1 aliphatic heterocycles. The van der Waals surface area contributed by atoms with Gasteiger partial charge in [-0.15, -0.1) is 0 Å². The summed E-state index contributed by atoms with van der Waals surface area (Å²) in [5.41, 5.74) is 4.40. The van der Waals surface area contributed by atoms with Gasteiger partial charge in [0.25, 0.3) is 5.56 Å². The van der Waals surface area contributed by atoms with E-state index in [9.17, 15) is 22.8 Å². The number of hydrogen-bond donors (Lipinski definition) is 1. The van der Waals surface area contributed by atoms with Gasteiger partial charge < -0.3 is 15.2 Å². The highest BCUT2D eigenvalue weighted by atomic mass is 19.1. The Bertz CT molecular complexity index is 1230. The number of pyridine rings is 1. The van der Waals surface area contributed by atoms with Crippen LogP contribution in [0.3, 0.4) is 0 Å². The van der Waals surface area contributed by atoms with Crippen LogP contribution in [-0.4, -0.2) is 54.7 Å². The Hall–Kier alpha value is -3.63. The van der Waals surface area contributed by atoms with E-state index in [4.69, 9.17) is 15.2 Å². The number of ketones is 1. The van der Waals surface area contributed by atoms with Gasteiger partial charge in [0.15, 0.2) is 17.4 Å². The fourth-order valence-electron chi connectivity index (χ4n) is 3.69. The molecule has 1 aromatic heterocycles. The monoisotopic (exact) mass is 473 g/mol. The molecule has 0 atom stereocenters. The molecule has 34 heavy (non-hydrogen) atoms. The number of nitrogen functional groups attached to an aromatic ring is 1. The van der Waals surface area contributed by atoms with E-state index in [-0.39, 0.29) is 23.5 Å². The normalized spacial score (nSPS) is 14.2. The number of hydrogen-bond acceptors (Lipinski definition) is 6. The van der Waals surface area contributed by atoms with Crippen molar-refractivity contribution >= 4 is 11.6 Å². The number of carbonyl (C=O) groups is 1. The lowest BCUT2D eigenvalue weighted by atomic mass is 10.0. The quantitative estimate of drug-likeness (QED) is 0.531. The standard InChI is InChI=1S/C24H22F3N3O4/c25-16-3-1-15(2-4-16)23(32)18-5-6-21(31)30(24(18)28)22-19(26)13-17(14-20(22)27)34-12-9-29-7-10-33-11-8-29/h1-6,13-14H,7-12,28H2. The summed E-state index contributed by atoms with van der Waals surface area (Å²) in [6.07, 6.45) is 0. The minimum Gasteiger partial charge on any atom is -0.492 e. The largest absolute Gasteiger partial charge is 0.492 e. The second-order valence-electron chi connectivity index (χ2n) is 7.68. The van der Waals surface area contributed by atoms with Crippen molar-refractivity contribution in [3.8, 4) is 11.4 Å². The molecule has 1 saturated heterocycles. The lowest BCUT2D eigenvalue weighted by Gasteiger charge is -2.26. The zero-order valence-electron chi connectivity index (χ0n) is 18.1. The third-order valence-electron chi connectivity index (χ3n) is 5.47. The maximum Gasteiger partial charge on any atom is 0.256 e. The molecule has 1 fully saturated rings. The smallest absolute Gasteiger partial charge is 0.256 e. The van der Waals surface area contributed by atoms with Gasteiger partial charge in [0.1, 0.15) is 29.7 Å². The number of morpholine rings is 1. The van der Waals surface area contributed by atoms with Crippen LogP contribution in [0, 0.1) is 17.5 Å².